The summed E-state index contributed by atoms with van der Waals surface area (Å²) >= 11 is 0. The molecular formula is C23H26N2O4. The largest absolute Gasteiger partial charge is 0.497 e. The second kappa shape index (κ2) is 8.39. The summed E-state index contributed by atoms with van der Waals surface area (Å²) < 4.78 is 5.24. The molecule has 0 fully saturated rings. The summed E-state index contributed by atoms with van der Waals surface area (Å²) in [5.41, 5.74) is 2.93. The van der Waals surface area contributed by atoms with Crippen LogP contribution in [0.15, 0.2) is 48.7 Å². The first kappa shape index (κ1) is 20.5. The number of aryl methyl sites for hydroxylation is 2. The first-order valence-corrected chi connectivity index (χ1v) is 9.55. The Kier molecular flexibility index (Phi) is 5.92. The monoisotopic (exact) mass is 394 g/mol. The molecule has 0 bridgehead atoms. The molecule has 1 unspecified atom stereocenters. The van der Waals surface area contributed by atoms with E-state index in [1.54, 1.807) is 38.3 Å². The lowest BCUT2D eigenvalue weighted by molar-refractivity contribution is -0.139. The Morgan fingerprint density at radius 2 is 2.00 bits per heavy atom. The van der Waals surface area contributed by atoms with Crippen molar-refractivity contribution in [3.05, 3.63) is 65.4 Å². The molecule has 0 spiro atoms. The van der Waals surface area contributed by atoms with Gasteiger partial charge in [0.25, 0.3) is 0 Å². The molecule has 0 saturated carbocycles. The van der Waals surface area contributed by atoms with E-state index in [0.29, 0.717) is 17.7 Å². The molecule has 0 radical (unpaired) electrons. The van der Waals surface area contributed by atoms with Crippen molar-refractivity contribution in [3.63, 3.8) is 0 Å². The minimum absolute atomic E-state index is 0.196. The van der Waals surface area contributed by atoms with Gasteiger partial charge in [-0.2, -0.15) is 0 Å². The predicted octanol–water partition coefficient (Wildman–Crippen LogP) is 3.92. The van der Waals surface area contributed by atoms with Gasteiger partial charge in [0.1, 0.15) is 5.75 Å². The lowest BCUT2D eigenvalue weighted by atomic mass is 9.88. The number of aliphatic carboxylic acids is 1. The molecule has 2 aromatic carbocycles. The highest BCUT2D eigenvalue weighted by Gasteiger charge is 2.31. The summed E-state index contributed by atoms with van der Waals surface area (Å²) in [5.74, 6) is -0.566. The first-order chi connectivity index (χ1) is 13.8. The van der Waals surface area contributed by atoms with Crippen molar-refractivity contribution >= 4 is 22.8 Å². The zero-order valence-corrected chi connectivity index (χ0v) is 16.9. The molecule has 0 aliphatic carbocycles. The molecule has 0 saturated heterocycles. The van der Waals surface area contributed by atoms with Crippen LogP contribution in [0.25, 0.3) is 10.9 Å². The molecule has 152 valence electrons. The average Bonchev–Trinajstić information content (AvgIpc) is 3.07. The number of aromatic nitrogens is 1. The number of aromatic amines is 1. The van der Waals surface area contributed by atoms with Crippen LogP contribution in [0.2, 0.25) is 0 Å². The topological polar surface area (TPSA) is 91.4 Å². The Morgan fingerprint density at radius 3 is 2.72 bits per heavy atom. The molecule has 1 amide bonds. The van der Waals surface area contributed by atoms with Crippen molar-refractivity contribution in [2.45, 2.75) is 38.6 Å². The molecule has 3 aromatic rings. The first-order valence-electron chi connectivity index (χ1n) is 9.55. The number of hydrogen-bond acceptors (Lipinski definition) is 3. The summed E-state index contributed by atoms with van der Waals surface area (Å²) in [7, 11) is 1.55. The van der Waals surface area contributed by atoms with Gasteiger partial charge in [0.2, 0.25) is 5.91 Å². The number of carbonyl (C=O) groups excluding carboxylic acids is 1. The molecular weight excluding hydrogens is 368 g/mol. The van der Waals surface area contributed by atoms with Crippen LogP contribution in [0.3, 0.4) is 0 Å². The number of methoxy groups -OCH3 is 1. The summed E-state index contributed by atoms with van der Waals surface area (Å²) in [4.78, 5) is 27.4. The van der Waals surface area contributed by atoms with Gasteiger partial charge in [0.15, 0.2) is 0 Å². The van der Waals surface area contributed by atoms with Gasteiger partial charge >= 0.3 is 5.97 Å². The van der Waals surface area contributed by atoms with E-state index in [1.165, 1.54) is 0 Å². The van der Waals surface area contributed by atoms with Gasteiger partial charge in [-0.05, 0) is 55.7 Å². The number of carboxylic acids is 1. The van der Waals surface area contributed by atoms with Gasteiger partial charge in [0.05, 0.1) is 19.1 Å². The van der Waals surface area contributed by atoms with Crippen LogP contribution in [0, 0.1) is 6.92 Å². The highest BCUT2D eigenvalue weighted by molar-refractivity contribution is 5.85. The number of carboxylic acid groups (broad SMARTS) is 1. The van der Waals surface area contributed by atoms with Gasteiger partial charge in [0, 0.05) is 23.5 Å². The maximum Gasteiger partial charge on any atom is 0.306 e. The summed E-state index contributed by atoms with van der Waals surface area (Å²) in [6, 6.07) is 13.3. The van der Waals surface area contributed by atoms with E-state index >= 15 is 0 Å². The smallest absolute Gasteiger partial charge is 0.306 e. The van der Waals surface area contributed by atoms with Crippen molar-refractivity contribution in [1.82, 2.24) is 10.3 Å². The molecule has 3 N–H and O–H groups in total. The van der Waals surface area contributed by atoms with Crippen molar-refractivity contribution in [3.8, 4) is 5.75 Å². The summed E-state index contributed by atoms with van der Waals surface area (Å²) in [5, 5.41) is 13.4. The predicted molar refractivity (Wildman–Crippen MR) is 112 cm³/mol. The Labute approximate surface area is 169 Å². The van der Waals surface area contributed by atoms with E-state index in [0.717, 1.165) is 22.0 Å². The fourth-order valence-electron chi connectivity index (χ4n) is 3.60. The second-order valence-electron chi connectivity index (χ2n) is 7.55. The zero-order valence-electron chi connectivity index (χ0n) is 16.9. The second-order valence-corrected chi connectivity index (χ2v) is 7.55. The van der Waals surface area contributed by atoms with Crippen LogP contribution >= 0.6 is 0 Å². The highest BCUT2D eigenvalue weighted by Crippen LogP contribution is 2.28. The number of nitrogens with one attached hydrogen (secondary N) is 2. The van der Waals surface area contributed by atoms with Crippen LogP contribution < -0.4 is 10.1 Å². The number of H-pyrrole nitrogens is 1. The van der Waals surface area contributed by atoms with E-state index in [9.17, 15) is 14.7 Å². The van der Waals surface area contributed by atoms with Crippen LogP contribution in [0.5, 0.6) is 5.75 Å². The fourth-order valence-corrected chi connectivity index (χ4v) is 3.60. The molecule has 1 atom stereocenters. The van der Waals surface area contributed by atoms with Crippen molar-refractivity contribution < 1.29 is 19.4 Å². The van der Waals surface area contributed by atoms with E-state index < -0.39 is 11.5 Å². The van der Waals surface area contributed by atoms with Crippen LogP contribution in [-0.2, 0) is 21.5 Å². The number of rotatable bonds is 8. The minimum Gasteiger partial charge on any atom is -0.497 e. The van der Waals surface area contributed by atoms with E-state index in [2.05, 4.69) is 16.4 Å². The summed E-state index contributed by atoms with van der Waals surface area (Å²) in [6.45, 7) is 3.76. The van der Waals surface area contributed by atoms with Crippen LogP contribution in [0.1, 0.15) is 36.5 Å². The molecule has 0 aliphatic heterocycles. The van der Waals surface area contributed by atoms with E-state index in [-0.39, 0.29) is 18.7 Å². The maximum atomic E-state index is 12.7. The molecule has 1 aromatic heterocycles. The molecule has 6 nitrogen and oxygen atoms in total. The lowest BCUT2D eigenvalue weighted by Crippen LogP contribution is -2.45. The van der Waals surface area contributed by atoms with Crippen molar-refractivity contribution in [1.29, 1.82) is 0 Å². The number of fused-ring (bicyclic) bond motifs is 1. The van der Waals surface area contributed by atoms with Gasteiger partial charge in [-0.3, -0.25) is 9.59 Å². The Bertz CT molecular complexity index is 1040. The quantitative estimate of drug-likeness (QED) is 0.540. The minimum atomic E-state index is -1.03. The molecule has 0 aliphatic rings. The number of carbonyl (C=O) groups is 2. The molecule has 29 heavy (non-hydrogen) atoms. The Morgan fingerprint density at radius 1 is 1.21 bits per heavy atom. The standard InChI is InChI=1S/C23H26N2O4/c1-15-7-9-20-19(11-15)16(14-24-20)8-10-21(26)25-23(2,13-22(27)28)17-5-4-6-18(12-17)29-3/h4-7,9,11-12,14,24H,8,10,13H2,1-3H3,(H,25,26)(H,27,28). The summed E-state index contributed by atoms with van der Waals surface area (Å²) in [6.07, 6.45) is 2.53. The number of hydrogen-bond donors (Lipinski definition) is 3. The maximum absolute atomic E-state index is 12.7. The van der Waals surface area contributed by atoms with E-state index in [1.807, 2.05) is 25.3 Å². The van der Waals surface area contributed by atoms with Crippen LogP contribution in [-0.4, -0.2) is 29.1 Å². The fraction of sp³-hybridized carbons (Fsp3) is 0.304. The van der Waals surface area contributed by atoms with Crippen molar-refractivity contribution in [2.24, 2.45) is 0 Å². The van der Waals surface area contributed by atoms with Gasteiger partial charge in [-0.15, -0.1) is 0 Å². The average molecular weight is 394 g/mol. The molecule has 3 rings (SSSR count). The third-order valence-corrected chi connectivity index (χ3v) is 5.17. The SMILES string of the molecule is COc1cccc(C(C)(CC(=O)O)NC(=O)CCc2c[nH]c3ccc(C)cc23)c1. The molecule has 1 heterocycles. The third-order valence-electron chi connectivity index (χ3n) is 5.17. The van der Waals surface area contributed by atoms with Gasteiger partial charge in [-0.1, -0.05) is 23.8 Å². The molecule has 6 heteroatoms. The third kappa shape index (κ3) is 4.77. The number of ether oxygens (including phenoxy) is 1. The number of benzene rings is 2. The Hall–Kier alpha value is -3.28. The Balaban J connectivity index is 1.75. The van der Waals surface area contributed by atoms with Gasteiger partial charge < -0.3 is 20.1 Å². The lowest BCUT2D eigenvalue weighted by Gasteiger charge is -2.30. The van der Waals surface area contributed by atoms with E-state index in [4.69, 9.17) is 4.74 Å². The van der Waals surface area contributed by atoms with Crippen molar-refractivity contribution in [2.75, 3.05) is 7.11 Å². The zero-order chi connectivity index (χ0) is 21.0. The normalized spacial score (nSPS) is 13.1. The number of amides is 1. The van der Waals surface area contributed by atoms with Crippen LogP contribution in [0.4, 0.5) is 0 Å². The van der Waals surface area contributed by atoms with Gasteiger partial charge in [-0.25, -0.2) is 0 Å². The highest BCUT2D eigenvalue weighted by atomic mass is 16.5.